The minimum Gasteiger partial charge on any atom is -1.00 e. The number of quaternary nitrogens is 4. The molecular formula is C40H90I4N4. The monoisotopic (exact) mass is 1130 g/mol. The molecule has 0 fully saturated rings. The molecule has 0 aromatic rings. The van der Waals surface area contributed by atoms with Crippen molar-refractivity contribution in [1.82, 2.24) is 0 Å². The fourth-order valence-corrected chi connectivity index (χ4v) is 8.32. The predicted octanol–water partition coefficient (Wildman–Crippen LogP) is -2.07. The van der Waals surface area contributed by atoms with Crippen molar-refractivity contribution in [3.05, 3.63) is 0 Å². The van der Waals surface area contributed by atoms with Crippen LogP contribution in [0.2, 0.25) is 0 Å². The molecule has 0 aromatic heterocycles. The minimum atomic E-state index is 0. The molecule has 0 aliphatic carbocycles. The third-order valence-electron chi connectivity index (χ3n) is 13.3. The lowest BCUT2D eigenvalue weighted by atomic mass is 10.1. The lowest BCUT2D eigenvalue weighted by Crippen LogP contribution is -3.00. The minimum absolute atomic E-state index is 0. The Kier molecular flexibility index (Phi) is 45.9. The molecule has 0 spiro atoms. The molecule has 0 N–H and O–H groups in total. The van der Waals surface area contributed by atoms with E-state index in [9.17, 15) is 0 Å². The van der Waals surface area contributed by atoms with E-state index in [2.05, 4.69) is 69.2 Å². The van der Waals surface area contributed by atoms with Gasteiger partial charge in [-0.25, -0.2) is 0 Å². The summed E-state index contributed by atoms with van der Waals surface area (Å²) in [5.41, 5.74) is 0. The number of rotatable bonds is 33. The molecular weight excluding hydrogens is 1040 g/mol. The summed E-state index contributed by atoms with van der Waals surface area (Å²) in [6.07, 6.45) is 20.1. The highest BCUT2D eigenvalue weighted by molar-refractivity contribution is 4.53. The standard InChI is InChI=1S/C40H90N4.4HI/c1-11-41(12-2,13-3)35-29-25-27-33-39-43(17-7,18-8)37-31-23-21-22-24-32-38-44(19-9,20-10)40-34-28-26-30-36-42(14-4,15-5)16-6;;;;/h11-40H2,1-10H3;4*1H/q+4;;;;/p-4. The quantitative estimate of drug-likeness (QED) is 0.0404. The van der Waals surface area contributed by atoms with Crippen LogP contribution in [0.1, 0.15) is 159 Å². The first kappa shape index (κ1) is 60.0. The Balaban J connectivity index is -0.00000154. The SMILES string of the molecule is CC[N+](CC)(CC)CCCCCC[N+](CC)(CC)CCCCCCCC[N+](CC)(CC)CCCCCC[N+](CC)(CC)CC.[I-].[I-].[I-].[I-]. The predicted molar refractivity (Wildman–Crippen MR) is 200 cm³/mol. The largest absolute Gasteiger partial charge is 1.00 e. The number of hydrogen-bond acceptors (Lipinski definition) is 0. The van der Waals surface area contributed by atoms with E-state index in [0.29, 0.717) is 0 Å². The van der Waals surface area contributed by atoms with Crippen molar-refractivity contribution in [2.45, 2.75) is 159 Å². The Hall–Kier alpha value is 2.76. The van der Waals surface area contributed by atoms with Crippen molar-refractivity contribution in [3.63, 3.8) is 0 Å². The summed E-state index contributed by atoms with van der Waals surface area (Å²) in [5, 5.41) is 0. The van der Waals surface area contributed by atoms with E-state index in [1.165, 1.54) is 213 Å². The van der Waals surface area contributed by atoms with Crippen molar-refractivity contribution < 1.29 is 114 Å². The average molecular weight is 1130 g/mol. The van der Waals surface area contributed by atoms with Gasteiger partial charge in [0.15, 0.2) is 0 Å². The summed E-state index contributed by atoms with van der Waals surface area (Å²) in [5.74, 6) is 0. The van der Waals surface area contributed by atoms with Gasteiger partial charge in [-0.3, -0.25) is 0 Å². The topological polar surface area (TPSA) is 0 Å². The molecule has 0 heterocycles. The third-order valence-corrected chi connectivity index (χ3v) is 13.3. The smallest absolute Gasteiger partial charge is 0.0786 e. The summed E-state index contributed by atoms with van der Waals surface area (Å²) in [6, 6.07) is 0. The van der Waals surface area contributed by atoms with E-state index in [1.54, 1.807) is 0 Å². The van der Waals surface area contributed by atoms with E-state index in [-0.39, 0.29) is 95.9 Å². The summed E-state index contributed by atoms with van der Waals surface area (Å²) in [7, 11) is 0. The maximum atomic E-state index is 2.44. The van der Waals surface area contributed by atoms with Crippen LogP contribution in [0, 0.1) is 0 Å². The molecule has 48 heavy (non-hydrogen) atoms. The molecule has 0 radical (unpaired) electrons. The first-order chi connectivity index (χ1) is 21.2. The average Bonchev–Trinajstić information content (AvgIpc) is 3.07. The third kappa shape index (κ3) is 24.2. The number of halogens is 4. The molecule has 0 aliphatic rings. The second-order valence-corrected chi connectivity index (χ2v) is 14.8. The Morgan fingerprint density at radius 1 is 0.188 bits per heavy atom. The second kappa shape index (κ2) is 36.7. The number of unbranched alkanes of at least 4 members (excludes halogenated alkanes) is 11. The lowest BCUT2D eigenvalue weighted by molar-refractivity contribution is -0.925. The maximum absolute atomic E-state index is 2.44. The first-order valence-corrected chi connectivity index (χ1v) is 20.6. The summed E-state index contributed by atoms with van der Waals surface area (Å²) >= 11 is 0. The lowest BCUT2D eigenvalue weighted by Gasteiger charge is -2.37. The van der Waals surface area contributed by atoms with Crippen LogP contribution in [0.5, 0.6) is 0 Å². The van der Waals surface area contributed by atoms with Crippen molar-refractivity contribution in [2.75, 3.05) is 105 Å². The maximum Gasteiger partial charge on any atom is 0.0786 e. The molecule has 0 aliphatic heterocycles. The van der Waals surface area contributed by atoms with Crippen molar-refractivity contribution in [3.8, 4) is 0 Å². The molecule has 0 unspecified atom stereocenters. The van der Waals surface area contributed by atoms with Crippen molar-refractivity contribution in [2.24, 2.45) is 0 Å². The molecule has 0 aromatic carbocycles. The van der Waals surface area contributed by atoms with Crippen LogP contribution >= 0.6 is 0 Å². The van der Waals surface area contributed by atoms with Crippen LogP contribution in [0.25, 0.3) is 0 Å². The fraction of sp³-hybridized carbons (Fsp3) is 1.00. The normalized spacial score (nSPS) is 12.1. The van der Waals surface area contributed by atoms with E-state index in [1.807, 2.05) is 0 Å². The van der Waals surface area contributed by atoms with Gasteiger partial charge in [0.25, 0.3) is 0 Å². The Morgan fingerprint density at radius 2 is 0.312 bits per heavy atom. The highest BCUT2D eigenvalue weighted by atomic mass is 127. The van der Waals surface area contributed by atoms with E-state index >= 15 is 0 Å². The van der Waals surface area contributed by atoms with Crippen LogP contribution in [0.15, 0.2) is 0 Å². The summed E-state index contributed by atoms with van der Waals surface area (Å²) < 4.78 is 5.36. The highest BCUT2D eigenvalue weighted by Gasteiger charge is 2.24. The second-order valence-electron chi connectivity index (χ2n) is 14.8. The van der Waals surface area contributed by atoms with Gasteiger partial charge in [0.1, 0.15) is 0 Å². The molecule has 0 amide bonds. The van der Waals surface area contributed by atoms with Crippen LogP contribution in [0.3, 0.4) is 0 Å². The van der Waals surface area contributed by atoms with Gasteiger partial charge < -0.3 is 114 Å². The molecule has 298 valence electrons. The van der Waals surface area contributed by atoms with Gasteiger partial charge in [0.05, 0.1) is 105 Å². The zero-order valence-electron chi connectivity index (χ0n) is 34.5. The van der Waals surface area contributed by atoms with Gasteiger partial charge in [0.2, 0.25) is 0 Å². The molecule has 0 bridgehead atoms. The van der Waals surface area contributed by atoms with Crippen LogP contribution in [-0.2, 0) is 0 Å². The molecule has 0 saturated heterocycles. The highest BCUT2D eigenvalue weighted by Crippen LogP contribution is 2.18. The van der Waals surface area contributed by atoms with Gasteiger partial charge in [0, 0.05) is 0 Å². The van der Waals surface area contributed by atoms with Crippen LogP contribution in [-0.4, -0.2) is 123 Å². The molecule has 8 heteroatoms. The molecule has 4 nitrogen and oxygen atoms in total. The van der Waals surface area contributed by atoms with E-state index < -0.39 is 0 Å². The summed E-state index contributed by atoms with van der Waals surface area (Å²) in [6.45, 7) is 45.6. The Bertz CT molecular complexity index is 566. The van der Waals surface area contributed by atoms with Gasteiger partial charge in [-0.1, -0.05) is 12.8 Å². The van der Waals surface area contributed by atoms with E-state index in [0.717, 1.165) is 0 Å². The fourth-order valence-electron chi connectivity index (χ4n) is 8.32. The number of nitrogens with zero attached hydrogens (tertiary/aromatic N) is 4. The van der Waals surface area contributed by atoms with Crippen LogP contribution in [0.4, 0.5) is 0 Å². The first-order valence-electron chi connectivity index (χ1n) is 20.6. The Morgan fingerprint density at radius 3 is 0.458 bits per heavy atom. The van der Waals surface area contributed by atoms with Gasteiger partial charge in [-0.05, 0) is 146 Å². The van der Waals surface area contributed by atoms with Crippen molar-refractivity contribution >= 4 is 0 Å². The number of hydrogen-bond donors (Lipinski definition) is 0. The molecule has 0 rings (SSSR count). The molecule has 0 atom stereocenters. The zero-order valence-corrected chi connectivity index (χ0v) is 43.1. The van der Waals surface area contributed by atoms with Crippen molar-refractivity contribution in [1.29, 1.82) is 0 Å². The van der Waals surface area contributed by atoms with Crippen LogP contribution < -0.4 is 95.9 Å². The van der Waals surface area contributed by atoms with Gasteiger partial charge in [-0.15, -0.1) is 0 Å². The zero-order chi connectivity index (χ0) is 33.2. The van der Waals surface area contributed by atoms with Gasteiger partial charge >= 0.3 is 0 Å². The van der Waals surface area contributed by atoms with E-state index in [4.69, 9.17) is 0 Å². The Labute approximate surface area is 373 Å². The molecule has 0 saturated carbocycles. The summed E-state index contributed by atoms with van der Waals surface area (Å²) in [4.78, 5) is 0. The van der Waals surface area contributed by atoms with Gasteiger partial charge in [-0.2, -0.15) is 0 Å².